The van der Waals surface area contributed by atoms with Gasteiger partial charge in [0.1, 0.15) is 48.5 Å². The maximum absolute atomic E-state index is 14.7. The molecule has 0 spiro atoms. The Morgan fingerprint density at radius 3 is 2.04 bits per heavy atom. The van der Waals surface area contributed by atoms with Crippen LogP contribution in [0, 0.1) is 5.92 Å². The van der Waals surface area contributed by atoms with Gasteiger partial charge in [-0.1, -0.05) is 82.0 Å². The molecule has 0 radical (unpaired) electrons. The van der Waals surface area contributed by atoms with Gasteiger partial charge in [-0.3, -0.25) is 43.4 Å². The number of hydrogen-bond donors (Lipinski definition) is 14. The van der Waals surface area contributed by atoms with Crippen molar-refractivity contribution in [2.45, 2.75) is 158 Å². The number of carbonyl (C=O) groups excluding carboxylic acids is 8. The number of carbonyl (C=O) groups is 8. The zero-order chi connectivity index (χ0) is 61.5. The van der Waals surface area contributed by atoms with Crippen molar-refractivity contribution in [3.05, 3.63) is 83.4 Å². The van der Waals surface area contributed by atoms with Gasteiger partial charge in [0.15, 0.2) is 11.5 Å². The number of nitrogens with two attached hydrogens (primary N) is 1. The molecule has 8 amide bonds. The largest absolute Gasteiger partial charge is 1.00 e. The molecule has 15 N–H and O–H groups in total. The summed E-state index contributed by atoms with van der Waals surface area (Å²) in [7, 11) is 0. The van der Waals surface area contributed by atoms with Crippen LogP contribution in [0.1, 0.15) is 99.7 Å². The molecule has 14 unspecified atom stereocenters. The fourth-order valence-corrected chi connectivity index (χ4v) is 10.5. The van der Waals surface area contributed by atoms with Crippen LogP contribution >= 0.6 is 12.3 Å². The van der Waals surface area contributed by atoms with Crippen molar-refractivity contribution in [1.29, 1.82) is 0 Å². The van der Waals surface area contributed by atoms with Crippen LogP contribution in [0.15, 0.2) is 66.7 Å². The molecule has 460 valence electrons. The molecular weight excluding hydrogens is 1150 g/mol. The van der Waals surface area contributed by atoms with Gasteiger partial charge >= 0.3 is 29.6 Å². The topological polar surface area (TPSA) is 442 Å². The molecule has 28 nitrogen and oxygen atoms in total. The number of phenols is 1. The number of amides is 8. The van der Waals surface area contributed by atoms with E-state index in [1.807, 2.05) is 24.3 Å². The number of primary amides is 1. The van der Waals surface area contributed by atoms with E-state index in [4.69, 9.17) is 9.92 Å². The average Bonchev–Trinajstić information content (AvgIpc) is 4.01. The SMILES string of the molecule is CCCCCCCc1ccc(-c2ccc(C(=O)NC3CC(O)CNC(=O)C4C(O)C(C)CN4C(=O)C(C(O)CC(N)=O)NC(=O)C(C(O)C(O)c4ccc(O)c(OSOO[O-])c4)NC(=O)C4CC(O)CN4C(=O)C(C(C)O)NC3=O)cc2)cc1.[Na+]. The Morgan fingerprint density at radius 1 is 0.776 bits per heavy atom. The molecular formula is C55H73N8NaO20S. The van der Waals surface area contributed by atoms with Crippen molar-refractivity contribution >= 4 is 59.6 Å². The molecule has 3 aromatic rings. The van der Waals surface area contributed by atoms with E-state index < -0.39 is 183 Å². The molecule has 30 heteroatoms. The van der Waals surface area contributed by atoms with Crippen LogP contribution in [-0.4, -0.2) is 190 Å². The molecule has 14 atom stereocenters. The third-order valence-electron chi connectivity index (χ3n) is 14.9. The maximum Gasteiger partial charge on any atom is 1.00 e. The van der Waals surface area contributed by atoms with Crippen molar-refractivity contribution in [2.75, 3.05) is 19.6 Å². The van der Waals surface area contributed by atoms with E-state index >= 15 is 0 Å². The van der Waals surface area contributed by atoms with Gasteiger partial charge in [-0.2, -0.15) is 0 Å². The number of nitrogens with zero attached hydrogens (tertiary/aromatic N) is 2. The number of fused-ring (bicyclic) bond motifs is 2. The molecule has 0 aliphatic carbocycles. The number of benzene rings is 3. The Labute approximate surface area is 515 Å². The number of aliphatic hydroxyl groups excluding tert-OH is 7. The quantitative estimate of drug-likeness (QED) is 0.0165. The molecule has 0 aromatic heterocycles. The molecule has 3 aliphatic heterocycles. The van der Waals surface area contributed by atoms with Crippen LogP contribution in [0.5, 0.6) is 11.5 Å². The number of unbranched alkanes of at least 4 members (excludes halogenated alkanes) is 4. The zero-order valence-corrected chi connectivity index (χ0v) is 50.1. The van der Waals surface area contributed by atoms with E-state index in [2.05, 4.69) is 42.9 Å². The van der Waals surface area contributed by atoms with Crippen molar-refractivity contribution < 1.29 is 128 Å². The van der Waals surface area contributed by atoms with Crippen molar-refractivity contribution in [3.63, 3.8) is 0 Å². The molecule has 3 saturated heterocycles. The van der Waals surface area contributed by atoms with E-state index in [0.717, 1.165) is 71.7 Å². The van der Waals surface area contributed by atoms with Crippen LogP contribution in [0.4, 0.5) is 0 Å². The number of β-amino-alcohol motifs (C(OH)–C–C–N with tert-alkyl or cyclic N) is 1. The summed E-state index contributed by atoms with van der Waals surface area (Å²) in [5.41, 5.74) is 7.89. The second-order valence-electron chi connectivity index (χ2n) is 21.3. The third kappa shape index (κ3) is 18.5. The standard InChI is InChI=1S/C55H74N8O20S.Na/c1-4-5-6-7-8-9-29-10-12-30(13-11-29)31-14-16-32(17-15-31)49(73)58-36-21-34(65)24-57-53(77)45-46(70)27(2)25-63(45)55(79)43(39(68)23-41(56)69)60-52(76)44(48(72)47(71)33-18-19-38(67)40(20-33)81-84-83-82-80)61-51(75)37-22-35(66)26-62(37)54(78)42(28(3)64)59-50(36)74;/h10-20,27-28,34-37,39,42-48,64-68,70-72,80H,4-9,21-26H2,1-3H3,(H2,56,69)(H,57,77)(H,58,73)(H,59,74)(H,60,76)(H,61,75);/q;+1/p-1. The van der Waals surface area contributed by atoms with Crippen molar-refractivity contribution in [3.8, 4) is 22.6 Å². The van der Waals surface area contributed by atoms with Gasteiger partial charge < -0.3 is 92.4 Å². The zero-order valence-electron chi connectivity index (χ0n) is 47.3. The first-order valence-corrected chi connectivity index (χ1v) is 28.1. The summed E-state index contributed by atoms with van der Waals surface area (Å²) in [6, 6.07) is 5.10. The Bertz CT molecular complexity index is 2790. The minimum atomic E-state index is -2.53. The van der Waals surface area contributed by atoms with Gasteiger partial charge in [-0.05, 0) is 66.3 Å². The van der Waals surface area contributed by atoms with Crippen LogP contribution in [0.3, 0.4) is 0 Å². The van der Waals surface area contributed by atoms with E-state index in [9.17, 15) is 84.5 Å². The number of phenolic OH excluding ortho intramolecular Hbond substituents is 1. The fraction of sp³-hybridized carbons (Fsp3) is 0.527. The second kappa shape index (κ2) is 32.6. The average molecular weight is 1220 g/mol. The van der Waals surface area contributed by atoms with Crippen molar-refractivity contribution in [1.82, 2.24) is 36.4 Å². The molecule has 3 fully saturated rings. The van der Waals surface area contributed by atoms with Crippen LogP contribution in [0.25, 0.3) is 11.1 Å². The van der Waals surface area contributed by atoms with Crippen LogP contribution in [0.2, 0.25) is 0 Å². The predicted molar refractivity (Wildman–Crippen MR) is 293 cm³/mol. The van der Waals surface area contributed by atoms with Gasteiger partial charge in [-0.15, -0.1) is 4.33 Å². The minimum absolute atomic E-state index is 0. The van der Waals surface area contributed by atoms with Crippen LogP contribution < -0.4 is 71.3 Å². The number of nitrogens with one attached hydrogen (secondary N) is 5. The third-order valence-corrected chi connectivity index (χ3v) is 15.3. The van der Waals surface area contributed by atoms with Gasteiger partial charge in [-0.25, -0.2) is 0 Å². The summed E-state index contributed by atoms with van der Waals surface area (Å²) < 4.78 is 9.04. The number of aliphatic hydroxyl groups is 7. The van der Waals surface area contributed by atoms with Crippen molar-refractivity contribution in [2.24, 2.45) is 11.7 Å². The van der Waals surface area contributed by atoms with Gasteiger partial charge in [0.25, 0.3) is 18.2 Å². The fourth-order valence-electron chi connectivity index (χ4n) is 10.3. The second-order valence-corrected chi connectivity index (χ2v) is 21.7. The van der Waals surface area contributed by atoms with Gasteiger partial charge in [0, 0.05) is 44.0 Å². The normalized spacial score (nSPS) is 26.0. The van der Waals surface area contributed by atoms with Gasteiger partial charge in [0.2, 0.25) is 41.4 Å². The first kappa shape index (κ1) is 69.7. The molecule has 6 rings (SSSR count). The molecule has 0 bridgehead atoms. The smallest absolute Gasteiger partial charge is 0.691 e. The Balaban J connectivity index is 0.0000132. The Kier molecular flexibility index (Phi) is 26.8. The van der Waals surface area contributed by atoms with E-state index in [-0.39, 0.29) is 53.0 Å². The molecule has 85 heavy (non-hydrogen) atoms. The number of aryl methyl sites for hydroxylation is 1. The Hall–Kier alpha value is -6.03. The number of hydrogen-bond acceptors (Lipinski definition) is 21. The maximum atomic E-state index is 14.7. The summed E-state index contributed by atoms with van der Waals surface area (Å²) >= 11 is -0.0807. The van der Waals surface area contributed by atoms with E-state index in [1.54, 1.807) is 12.1 Å². The predicted octanol–water partition coefficient (Wildman–Crippen LogP) is -5.94. The van der Waals surface area contributed by atoms with Crippen LogP contribution in [-0.2, 0) is 49.4 Å². The first-order valence-electron chi connectivity index (χ1n) is 27.4. The number of rotatable bonds is 20. The first-order chi connectivity index (χ1) is 39.9. The monoisotopic (exact) mass is 1220 g/mol. The summed E-state index contributed by atoms with van der Waals surface area (Å²) in [5, 5.41) is 115. The molecule has 3 heterocycles. The van der Waals surface area contributed by atoms with E-state index in [0.29, 0.717) is 0 Å². The summed E-state index contributed by atoms with van der Waals surface area (Å²) in [4.78, 5) is 115. The van der Waals surface area contributed by atoms with E-state index in [1.165, 1.54) is 37.5 Å². The molecule has 3 aliphatic rings. The summed E-state index contributed by atoms with van der Waals surface area (Å²) in [6.45, 7) is 2.91. The Morgan fingerprint density at radius 2 is 1.40 bits per heavy atom. The molecule has 0 saturated carbocycles. The number of aromatic hydroxyl groups is 1. The summed E-state index contributed by atoms with van der Waals surface area (Å²) in [6.07, 6.45) is -9.33. The van der Waals surface area contributed by atoms with Gasteiger partial charge in [0.05, 0.1) is 36.9 Å². The summed E-state index contributed by atoms with van der Waals surface area (Å²) in [5.74, 6) is -11.8. The molecule has 3 aromatic carbocycles. The minimum Gasteiger partial charge on any atom is -0.691 e.